The number of thioether (sulfide) groups is 1. The molecule has 4 rings (SSSR count). The van der Waals surface area contributed by atoms with Crippen LogP contribution in [0.2, 0.25) is 0 Å². The van der Waals surface area contributed by atoms with E-state index < -0.39 is 17.1 Å². The van der Waals surface area contributed by atoms with Crippen LogP contribution in [0.25, 0.3) is 6.08 Å². The van der Waals surface area contributed by atoms with Crippen molar-refractivity contribution in [1.82, 2.24) is 4.90 Å². The van der Waals surface area contributed by atoms with Gasteiger partial charge in [0.2, 0.25) is 5.91 Å². The summed E-state index contributed by atoms with van der Waals surface area (Å²) in [5.41, 5.74) is 1.62. The van der Waals surface area contributed by atoms with E-state index in [1.807, 2.05) is 6.07 Å². The van der Waals surface area contributed by atoms with Crippen LogP contribution in [0.1, 0.15) is 11.1 Å². The summed E-state index contributed by atoms with van der Waals surface area (Å²) >= 11 is 7.65. The fourth-order valence-corrected chi connectivity index (χ4v) is 5.51. The van der Waals surface area contributed by atoms with Crippen LogP contribution in [-0.2, 0) is 16.2 Å². The number of benzene rings is 3. The Hall–Kier alpha value is -2.95. The number of anilines is 1. The Kier molecular flexibility index (Phi) is 8.04. The van der Waals surface area contributed by atoms with Gasteiger partial charge in [0.05, 0.1) is 13.9 Å². The molecule has 1 aliphatic rings. The Balaban J connectivity index is 1.45. The first kappa shape index (κ1) is 25.2. The number of ether oxygens (including phenoxy) is 1. The van der Waals surface area contributed by atoms with Gasteiger partial charge in [-0.15, -0.1) is 0 Å². The number of rotatable bonds is 7. The van der Waals surface area contributed by atoms with Gasteiger partial charge in [-0.1, -0.05) is 36.4 Å². The van der Waals surface area contributed by atoms with Crippen molar-refractivity contribution < 1.29 is 23.5 Å². The lowest BCUT2D eigenvalue weighted by molar-refractivity contribution is -0.127. The smallest absolute Gasteiger partial charge is 0.294 e. The van der Waals surface area contributed by atoms with E-state index in [1.165, 1.54) is 6.07 Å². The molecule has 1 saturated heterocycles. The first-order valence-electron chi connectivity index (χ1n) is 10.3. The Morgan fingerprint density at radius 1 is 1.03 bits per heavy atom. The molecule has 0 radical (unpaired) electrons. The summed E-state index contributed by atoms with van der Waals surface area (Å²) in [4.78, 5) is 38.6. The maximum absolute atomic E-state index is 13.9. The first-order valence-corrected chi connectivity index (χ1v) is 12.7. The van der Waals surface area contributed by atoms with Gasteiger partial charge in [-0.05, 0) is 85.6 Å². The second-order valence-corrected chi connectivity index (χ2v) is 10.1. The molecule has 0 atom stereocenters. The summed E-state index contributed by atoms with van der Waals surface area (Å²) in [6.45, 7) is -0.347. The molecule has 0 aliphatic carbocycles. The number of imide groups is 1. The Morgan fingerprint density at radius 3 is 2.37 bits per heavy atom. The zero-order valence-corrected chi connectivity index (χ0v) is 22.0. The average Bonchev–Trinajstić information content (AvgIpc) is 3.07. The maximum atomic E-state index is 13.9. The normalized spacial score (nSPS) is 14.5. The fourth-order valence-electron chi connectivity index (χ4n) is 3.22. The van der Waals surface area contributed by atoms with Crippen LogP contribution in [0.15, 0.2) is 80.6 Å². The SMILES string of the molecule is O=C(CN1C(=O)S/C(=C/c2cc(Br)c(OCc3ccccc3F)c(Br)c2)C1=O)Nc1ccccc1. The predicted molar refractivity (Wildman–Crippen MR) is 140 cm³/mol. The summed E-state index contributed by atoms with van der Waals surface area (Å²) in [6, 6.07) is 18.6. The summed E-state index contributed by atoms with van der Waals surface area (Å²) in [5, 5.41) is 2.14. The van der Waals surface area contributed by atoms with E-state index in [2.05, 4.69) is 37.2 Å². The van der Waals surface area contributed by atoms with Gasteiger partial charge in [-0.3, -0.25) is 19.3 Å². The molecule has 0 bridgehead atoms. The minimum Gasteiger partial charge on any atom is -0.486 e. The monoisotopic (exact) mass is 618 g/mol. The van der Waals surface area contributed by atoms with Crippen LogP contribution >= 0.6 is 43.6 Å². The number of hydrogen-bond acceptors (Lipinski definition) is 5. The molecular formula is C25H17Br2FN2O4S. The quantitative estimate of drug-likeness (QED) is 0.301. The van der Waals surface area contributed by atoms with Crippen LogP contribution in [0.4, 0.5) is 14.9 Å². The molecule has 1 heterocycles. The second-order valence-electron chi connectivity index (χ2n) is 7.38. The summed E-state index contributed by atoms with van der Waals surface area (Å²) in [6.07, 6.45) is 1.57. The van der Waals surface area contributed by atoms with Gasteiger partial charge < -0.3 is 10.1 Å². The van der Waals surface area contributed by atoms with Crippen LogP contribution in [0.3, 0.4) is 0 Å². The van der Waals surface area contributed by atoms with Gasteiger partial charge in [0.15, 0.2) is 0 Å². The van der Waals surface area contributed by atoms with E-state index in [0.29, 0.717) is 31.5 Å². The lowest BCUT2D eigenvalue weighted by Gasteiger charge is -2.13. The number of para-hydroxylation sites is 1. The Bertz CT molecular complexity index is 1310. The molecule has 35 heavy (non-hydrogen) atoms. The van der Waals surface area contributed by atoms with E-state index in [0.717, 1.165) is 16.7 Å². The van der Waals surface area contributed by atoms with Crippen molar-refractivity contribution in [3.8, 4) is 5.75 Å². The molecule has 3 amide bonds. The van der Waals surface area contributed by atoms with Crippen LogP contribution in [-0.4, -0.2) is 28.5 Å². The number of carbonyl (C=O) groups is 3. The van der Waals surface area contributed by atoms with Gasteiger partial charge in [0.25, 0.3) is 11.1 Å². The standard InChI is InChI=1S/C25H17Br2FN2O4S/c26-18-10-15(11-19(27)23(18)34-14-16-6-4-5-9-20(16)28)12-21-24(32)30(25(33)35-21)13-22(31)29-17-7-2-1-3-8-17/h1-12H,13-14H2,(H,29,31)/b21-12+. The highest BCUT2D eigenvalue weighted by atomic mass is 79.9. The van der Waals surface area contributed by atoms with Gasteiger partial charge in [0.1, 0.15) is 24.7 Å². The summed E-state index contributed by atoms with van der Waals surface area (Å²) in [5.74, 6) is -0.905. The first-order chi connectivity index (χ1) is 16.8. The van der Waals surface area contributed by atoms with E-state index in [9.17, 15) is 18.8 Å². The largest absolute Gasteiger partial charge is 0.486 e. The van der Waals surface area contributed by atoms with Crippen molar-refractivity contribution >= 4 is 72.4 Å². The molecule has 0 unspecified atom stereocenters. The third-order valence-corrected chi connectivity index (χ3v) is 6.97. The lowest BCUT2D eigenvalue weighted by atomic mass is 10.2. The second kappa shape index (κ2) is 11.2. The highest BCUT2D eigenvalue weighted by Gasteiger charge is 2.36. The zero-order valence-electron chi connectivity index (χ0n) is 18.0. The lowest BCUT2D eigenvalue weighted by Crippen LogP contribution is -2.36. The average molecular weight is 620 g/mol. The predicted octanol–water partition coefficient (Wildman–Crippen LogP) is 6.60. The van der Waals surface area contributed by atoms with Gasteiger partial charge in [0, 0.05) is 11.3 Å². The van der Waals surface area contributed by atoms with Crippen LogP contribution in [0, 0.1) is 5.82 Å². The highest BCUT2D eigenvalue weighted by molar-refractivity contribution is 9.11. The molecule has 6 nitrogen and oxygen atoms in total. The molecule has 178 valence electrons. The van der Waals surface area contributed by atoms with E-state index >= 15 is 0 Å². The Labute approximate surface area is 221 Å². The third kappa shape index (κ3) is 6.19. The van der Waals surface area contributed by atoms with Gasteiger partial charge in [-0.25, -0.2) is 4.39 Å². The molecule has 1 fully saturated rings. The number of hydrogen-bond donors (Lipinski definition) is 1. The molecular weight excluding hydrogens is 603 g/mol. The topological polar surface area (TPSA) is 75.7 Å². The molecule has 3 aromatic rings. The number of carbonyl (C=O) groups excluding carboxylic acids is 3. The number of nitrogens with zero attached hydrogens (tertiary/aromatic N) is 1. The Morgan fingerprint density at radius 2 is 1.69 bits per heavy atom. The molecule has 1 N–H and O–H groups in total. The summed E-state index contributed by atoms with van der Waals surface area (Å²) in [7, 11) is 0. The third-order valence-electron chi connectivity index (χ3n) is 4.88. The maximum Gasteiger partial charge on any atom is 0.294 e. The molecule has 10 heteroatoms. The fraction of sp³-hybridized carbons (Fsp3) is 0.0800. The van der Waals surface area contributed by atoms with Gasteiger partial charge >= 0.3 is 0 Å². The number of halogens is 3. The van der Waals surface area contributed by atoms with Crippen molar-refractivity contribution in [2.45, 2.75) is 6.61 Å². The van der Waals surface area contributed by atoms with Crippen molar-refractivity contribution in [1.29, 1.82) is 0 Å². The van der Waals surface area contributed by atoms with Crippen LogP contribution in [0.5, 0.6) is 5.75 Å². The molecule has 3 aromatic carbocycles. The molecule has 0 aromatic heterocycles. The minimum atomic E-state index is -0.546. The molecule has 0 spiro atoms. The van der Waals surface area contributed by atoms with Gasteiger partial charge in [-0.2, -0.15) is 0 Å². The molecule has 0 saturated carbocycles. The van der Waals surface area contributed by atoms with Crippen LogP contribution < -0.4 is 10.1 Å². The highest BCUT2D eigenvalue weighted by Crippen LogP contribution is 2.38. The number of amides is 3. The van der Waals surface area contributed by atoms with E-state index in [-0.39, 0.29) is 23.9 Å². The van der Waals surface area contributed by atoms with E-state index in [1.54, 1.807) is 60.7 Å². The van der Waals surface area contributed by atoms with Crippen molar-refractivity contribution in [3.63, 3.8) is 0 Å². The van der Waals surface area contributed by atoms with E-state index in [4.69, 9.17) is 4.74 Å². The van der Waals surface area contributed by atoms with Crippen molar-refractivity contribution in [2.75, 3.05) is 11.9 Å². The minimum absolute atomic E-state index is 0.0349. The number of nitrogens with one attached hydrogen (secondary N) is 1. The zero-order chi connectivity index (χ0) is 24.9. The summed E-state index contributed by atoms with van der Waals surface area (Å²) < 4.78 is 20.8. The van der Waals surface area contributed by atoms with Crippen molar-refractivity contribution in [3.05, 3.63) is 97.5 Å². The molecule has 1 aliphatic heterocycles. The van der Waals surface area contributed by atoms with Crippen molar-refractivity contribution in [2.24, 2.45) is 0 Å².